The minimum Gasteiger partial charge on any atom is -0.339 e. The summed E-state index contributed by atoms with van der Waals surface area (Å²) in [5.74, 6) is 1.68. The van der Waals surface area contributed by atoms with Crippen molar-refractivity contribution in [1.82, 2.24) is 30.3 Å². The van der Waals surface area contributed by atoms with Crippen molar-refractivity contribution in [2.45, 2.75) is 18.0 Å². The van der Waals surface area contributed by atoms with Crippen LogP contribution in [-0.4, -0.2) is 36.1 Å². The molecule has 0 bridgehead atoms. The average Bonchev–Trinajstić information content (AvgIpc) is 3.39. The highest BCUT2D eigenvalue weighted by molar-refractivity contribution is 7.99. The average molecular weight is 388 g/mol. The second-order valence-corrected chi connectivity index (χ2v) is 7.30. The van der Waals surface area contributed by atoms with Crippen LogP contribution in [0, 0.1) is 5.82 Å². The smallest absolute Gasteiger partial charge is 0.227 e. The zero-order valence-electron chi connectivity index (χ0n) is 13.4. The van der Waals surface area contributed by atoms with Crippen molar-refractivity contribution in [2.75, 3.05) is 5.75 Å². The molecule has 0 aliphatic heterocycles. The number of rotatable bonds is 7. The molecule has 3 aromatic heterocycles. The summed E-state index contributed by atoms with van der Waals surface area (Å²) in [5.41, 5.74) is 0.593. The van der Waals surface area contributed by atoms with Gasteiger partial charge < -0.3 is 4.52 Å². The lowest BCUT2D eigenvalue weighted by atomic mass is 10.3. The summed E-state index contributed by atoms with van der Waals surface area (Å²) in [4.78, 5) is 5.39. The zero-order chi connectivity index (χ0) is 17.8. The van der Waals surface area contributed by atoms with E-state index in [4.69, 9.17) is 4.52 Å². The molecule has 0 unspecified atom stereocenters. The lowest BCUT2D eigenvalue weighted by Crippen LogP contribution is -2.00. The molecule has 10 heteroatoms. The van der Waals surface area contributed by atoms with Gasteiger partial charge in [-0.15, -0.1) is 16.4 Å². The molecule has 0 aliphatic rings. The number of nitrogens with zero attached hydrogens (tertiary/aromatic N) is 6. The molecule has 0 radical (unpaired) electrons. The van der Waals surface area contributed by atoms with Crippen LogP contribution in [-0.2, 0) is 6.42 Å². The van der Waals surface area contributed by atoms with Gasteiger partial charge in [-0.05, 0) is 46.5 Å². The van der Waals surface area contributed by atoms with E-state index in [2.05, 4.69) is 25.7 Å². The van der Waals surface area contributed by atoms with E-state index in [0.717, 1.165) is 17.1 Å². The lowest BCUT2D eigenvalue weighted by Gasteiger charge is -2.03. The van der Waals surface area contributed by atoms with Crippen LogP contribution in [0.4, 0.5) is 4.39 Å². The Kier molecular flexibility index (Phi) is 5.02. The number of thiophene rings is 1. The van der Waals surface area contributed by atoms with Crippen LogP contribution in [0.1, 0.15) is 12.3 Å². The Morgan fingerprint density at radius 1 is 1.23 bits per heavy atom. The molecule has 0 amide bonds. The van der Waals surface area contributed by atoms with Crippen LogP contribution in [0.5, 0.6) is 0 Å². The fourth-order valence-electron chi connectivity index (χ4n) is 2.29. The first-order valence-electron chi connectivity index (χ1n) is 7.83. The van der Waals surface area contributed by atoms with Crippen molar-refractivity contribution in [3.8, 4) is 16.4 Å². The molecule has 7 nitrogen and oxygen atoms in total. The van der Waals surface area contributed by atoms with Gasteiger partial charge in [0.2, 0.25) is 16.9 Å². The van der Waals surface area contributed by atoms with Gasteiger partial charge in [-0.2, -0.15) is 9.67 Å². The Bertz CT molecular complexity index is 984. The first-order chi connectivity index (χ1) is 12.8. The molecule has 0 spiro atoms. The number of aryl methyl sites for hydroxylation is 1. The van der Waals surface area contributed by atoms with E-state index in [1.807, 2.05) is 17.5 Å². The maximum atomic E-state index is 13.4. The number of tetrazole rings is 1. The highest BCUT2D eigenvalue weighted by Gasteiger charge is 2.11. The molecule has 132 valence electrons. The molecule has 0 N–H and O–H groups in total. The van der Waals surface area contributed by atoms with Crippen LogP contribution < -0.4 is 0 Å². The van der Waals surface area contributed by atoms with Crippen LogP contribution >= 0.6 is 23.1 Å². The highest BCUT2D eigenvalue weighted by Crippen LogP contribution is 2.23. The second-order valence-electron chi connectivity index (χ2n) is 5.29. The summed E-state index contributed by atoms with van der Waals surface area (Å²) >= 11 is 3.07. The third-order valence-electron chi connectivity index (χ3n) is 3.47. The predicted molar refractivity (Wildman–Crippen MR) is 95.8 cm³/mol. The summed E-state index contributed by atoms with van der Waals surface area (Å²) in [6.45, 7) is 0. The van der Waals surface area contributed by atoms with E-state index in [0.29, 0.717) is 29.0 Å². The largest absolute Gasteiger partial charge is 0.339 e. The van der Waals surface area contributed by atoms with Crippen molar-refractivity contribution in [3.63, 3.8) is 0 Å². The maximum absolute atomic E-state index is 13.4. The van der Waals surface area contributed by atoms with E-state index < -0.39 is 0 Å². The van der Waals surface area contributed by atoms with Gasteiger partial charge in [0.25, 0.3) is 0 Å². The van der Waals surface area contributed by atoms with Crippen LogP contribution in [0.25, 0.3) is 16.4 Å². The van der Waals surface area contributed by atoms with Gasteiger partial charge in [-0.3, -0.25) is 0 Å². The molecule has 0 atom stereocenters. The number of thioether (sulfide) groups is 1. The van der Waals surface area contributed by atoms with Crippen molar-refractivity contribution >= 4 is 23.1 Å². The van der Waals surface area contributed by atoms with Crippen LogP contribution in [0.3, 0.4) is 0 Å². The van der Waals surface area contributed by atoms with E-state index in [1.165, 1.54) is 28.6 Å². The normalized spacial score (nSPS) is 11.1. The monoisotopic (exact) mass is 388 g/mol. The molecule has 3 heterocycles. The third-order valence-corrected chi connectivity index (χ3v) is 5.34. The quantitative estimate of drug-likeness (QED) is 0.353. The van der Waals surface area contributed by atoms with Crippen molar-refractivity contribution in [3.05, 3.63) is 53.5 Å². The molecule has 0 aliphatic carbocycles. The molecule has 4 aromatic rings. The van der Waals surface area contributed by atoms with Crippen LogP contribution in [0.2, 0.25) is 0 Å². The Hall–Kier alpha value is -2.59. The first-order valence-corrected chi connectivity index (χ1v) is 9.70. The summed E-state index contributed by atoms with van der Waals surface area (Å²) in [7, 11) is 0. The van der Waals surface area contributed by atoms with E-state index >= 15 is 0 Å². The van der Waals surface area contributed by atoms with Gasteiger partial charge in [0.1, 0.15) is 5.82 Å². The number of halogens is 1. The van der Waals surface area contributed by atoms with Gasteiger partial charge in [0, 0.05) is 12.2 Å². The van der Waals surface area contributed by atoms with Crippen LogP contribution in [0.15, 0.2) is 51.5 Å². The molecule has 1 aromatic carbocycles. The molecule has 0 saturated carbocycles. The number of hydrogen-bond acceptors (Lipinski definition) is 8. The lowest BCUT2D eigenvalue weighted by molar-refractivity contribution is 0.378. The molecule has 4 rings (SSSR count). The molecule has 0 fully saturated rings. The Labute approximate surface area is 156 Å². The van der Waals surface area contributed by atoms with Gasteiger partial charge in [0.05, 0.1) is 10.6 Å². The molecular formula is C16H13FN6OS2. The fraction of sp³-hybridized carbons (Fsp3) is 0.188. The second kappa shape index (κ2) is 7.75. The van der Waals surface area contributed by atoms with E-state index in [9.17, 15) is 4.39 Å². The Morgan fingerprint density at radius 2 is 2.19 bits per heavy atom. The van der Waals surface area contributed by atoms with Gasteiger partial charge in [-0.1, -0.05) is 29.1 Å². The van der Waals surface area contributed by atoms with Crippen molar-refractivity contribution < 1.29 is 8.91 Å². The highest BCUT2D eigenvalue weighted by atomic mass is 32.2. The summed E-state index contributed by atoms with van der Waals surface area (Å²) in [6, 6.07) is 10.1. The number of aromatic nitrogens is 6. The third kappa shape index (κ3) is 3.81. The summed E-state index contributed by atoms with van der Waals surface area (Å²) in [5, 5.41) is 18.2. The predicted octanol–water partition coefficient (Wildman–Crippen LogP) is 3.64. The van der Waals surface area contributed by atoms with E-state index in [1.54, 1.807) is 23.5 Å². The van der Waals surface area contributed by atoms with E-state index in [-0.39, 0.29) is 5.82 Å². The topological polar surface area (TPSA) is 82.5 Å². The molecule has 0 saturated heterocycles. The zero-order valence-corrected chi connectivity index (χ0v) is 15.1. The Balaban J connectivity index is 1.33. The molecular weight excluding hydrogens is 375 g/mol. The standard InChI is InChI=1S/C16H13FN6OS2/c17-11-4-1-5-12(10-11)23-16(19-21-22-23)26-9-3-7-14-18-15(20-24-14)13-6-2-8-25-13/h1-2,4-6,8,10H,3,7,9H2. The first kappa shape index (κ1) is 16.9. The molecule has 26 heavy (non-hydrogen) atoms. The minimum absolute atomic E-state index is 0.327. The summed E-state index contributed by atoms with van der Waals surface area (Å²) in [6.07, 6.45) is 1.50. The van der Waals surface area contributed by atoms with Crippen molar-refractivity contribution in [1.29, 1.82) is 0 Å². The fourth-order valence-corrected chi connectivity index (χ4v) is 3.77. The minimum atomic E-state index is -0.327. The summed E-state index contributed by atoms with van der Waals surface area (Å²) < 4.78 is 20.2. The Morgan fingerprint density at radius 3 is 3.04 bits per heavy atom. The van der Waals surface area contributed by atoms with Gasteiger partial charge >= 0.3 is 0 Å². The number of benzene rings is 1. The van der Waals surface area contributed by atoms with Gasteiger partial charge in [-0.25, -0.2) is 4.39 Å². The van der Waals surface area contributed by atoms with Crippen molar-refractivity contribution in [2.24, 2.45) is 0 Å². The maximum Gasteiger partial charge on any atom is 0.227 e. The van der Waals surface area contributed by atoms with Gasteiger partial charge in [0.15, 0.2) is 0 Å². The SMILES string of the molecule is Fc1cccc(-n2nnnc2SCCCc2nc(-c3cccs3)no2)c1. The number of hydrogen-bond donors (Lipinski definition) is 0.